The molecular weight excluding hydrogens is 316 g/mol. The van der Waals surface area contributed by atoms with Crippen molar-refractivity contribution in [3.63, 3.8) is 0 Å². The van der Waals surface area contributed by atoms with Crippen molar-refractivity contribution in [1.29, 1.82) is 0 Å². The van der Waals surface area contributed by atoms with E-state index in [2.05, 4.69) is 30.4 Å². The Balaban J connectivity index is 1.50. The van der Waals surface area contributed by atoms with Crippen LogP contribution in [-0.2, 0) is 0 Å². The Morgan fingerprint density at radius 2 is 1.96 bits per heavy atom. The molecule has 0 saturated heterocycles. The van der Waals surface area contributed by atoms with Gasteiger partial charge < -0.3 is 11.1 Å². The first kappa shape index (κ1) is 14.2. The quantitative estimate of drug-likeness (QED) is 0.587. The fourth-order valence-corrected chi connectivity index (χ4v) is 3.18. The molecule has 25 heavy (non-hydrogen) atoms. The molecule has 8 heteroatoms. The van der Waals surface area contributed by atoms with Crippen LogP contribution < -0.4 is 11.1 Å². The van der Waals surface area contributed by atoms with Crippen LogP contribution in [0, 0.1) is 0 Å². The Morgan fingerprint density at radius 3 is 2.84 bits per heavy atom. The molecule has 8 nitrogen and oxygen atoms in total. The maximum Gasteiger partial charge on any atom is 0.241 e. The van der Waals surface area contributed by atoms with Crippen molar-refractivity contribution in [3.05, 3.63) is 43.1 Å². The summed E-state index contributed by atoms with van der Waals surface area (Å²) >= 11 is 0. The van der Waals surface area contributed by atoms with Gasteiger partial charge in [0.2, 0.25) is 5.95 Å². The molecule has 4 aromatic heterocycles. The molecule has 0 unspecified atom stereocenters. The second-order valence-electron chi connectivity index (χ2n) is 6.34. The molecule has 0 bridgehead atoms. The summed E-state index contributed by atoms with van der Waals surface area (Å²) in [6, 6.07) is 4.65. The normalized spacial score (nSPS) is 19.9. The third-order valence-corrected chi connectivity index (χ3v) is 4.56. The lowest BCUT2D eigenvalue weighted by atomic mass is 9.88. The van der Waals surface area contributed by atoms with Crippen LogP contribution in [0.2, 0.25) is 0 Å². The summed E-state index contributed by atoms with van der Waals surface area (Å²) in [7, 11) is 0. The third kappa shape index (κ3) is 2.47. The zero-order valence-corrected chi connectivity index (χ0v) is 13.4. The maximum absolute atomic E-state index is 5.82. The summed E-state index contributed by atoms with van der Waals surface area (Å²) in [6.07, 6.45) is 10.8. The highest BCUT2D eigenvalue weighted by molar-refractivity contribution is 5.84. The molecule has 5 rings (SSSR count). The first-order valence-electron chi connectivity index (χ1n) is 8.20. The predicted molar refractivity (Wildman–Crippen MR) is 93.9 cm³/mol. The summed E-state index contributed by atoms with van der Waals surface area (Å²) < 4.78 is 1.82. The van der Waals surface area contributed by atoms with Crippen molar-refractivity contribution in [1.82, 2.24) is 29.5 Å². The van der Waals surface area contributed by atoms with Crippen LogP contribution >= 0.6 is 0 Å². The molecule has 4 heterocycles. The van der Waals surface area contributed by atoms with Gasteiger partial charge in [0.1, 0.15) is 5.52 Å². The predicted octanol–water partition coefficient (Wildman–Crippen LogP) is 1.64. The number of aromatic nitrogens is 6. The zero-order valence-electron chi connectivity index (χ0n) is 13.4. The van der Waals surface area contributed by atoms with Gasteiger partial charge >= 0.3 is 0 Å². The van der Waals surface area contributed by atoms with E-state index in [0.717, 1.165) is 35.0 Å². The number of anilines is 1. The van der Waals surface area contributed by atoms with E-state index in [0.29, 0.717) is 23.7 Å². The smallest absolute Gasteiger partial charge is 0.241 e. The molecule has 0 radical (unpaired) electrons. The number of nitrogens with one attached hydrogen (secondary N) is 1. The fourth-order valence-electron chi connectivity index (χ4n) is 3.18. The number of rotatable bonds is 3. The van der Waals surface area contributed by atoms with Crippen molar-refractivity contribution in [2.75, 3.05) is 5.32 Å². The minimum absolute atomic E-state index is 0.294. The van der Waals surface area contributed by atoms with E-state index in [9.17, 15) is 0 Å². The number of hydrogen-bond acceptors (Lipinski definition) is 7. The summed E-state index contributed by atoms with van der Waals surface area (Å²) in [5.41, 5.74) is 10.1. The zero-order chi connectivity index (χ0) is 16.8. The third-order valence-electron chi connectivity index (χ3n) is 4.56. The molecule has 1 saturated carbocycles. The van der Waals surface area contributed by atoms with Crippen molar-refractivity contribution in [3.8, 4) is 11.1 Å². The molecule has 4 aromatic rings. The van der Waals surface area contributed by atoms with E-state index in [1.807, 2.05) is 29.0 Å². The number of nitrogens with two attached hydrogens (primary N) is 1. The molecule has 0 aromatic carbocycles. The topological polar surface area (TPSA) is 107 Å². The van der Waals surface area contributed by atoms with E-state index in [1.54, 1.807) is 18.6 Å². The Hall–Kier alpha value is -3.13. The maximum atomic E-state index is 5.82. The average Bonchev–Trinajstić information content (AvgIpc) is 3.03. The van der Waals surface area contributed by atoms with Crippen LogP contribution in [0.4, 0.5) is 5.95 Å². The van der Waals surface area contributed by atoms with Gasteiger partial charge in [0.25, 0.3) is 0 Å². The monoisotopic (exact) mass is 332 g/mol. The van der Waals surface area contributed by atoms with Gasteiger partial charge in [0, 0.05) is 48.0 Å². The molecule has 1 aliphatic rings. The van der Waals surface area contributed by atoms with Gasteiger partial charge in [-0.25, -0.2) is 19.5 Å². The van der Waals surface area contributed by atoms with E-state index < -0.39 is 0 Å². The van der Waals surface area contributed by atoms with Gasteiger partial charge in [0.05, 0.1) is 11.7 Å². The van der Waals surface area contributed by atoms with Gasteiger partial charge in [-0.1, -0.05) is 0 Å². The molecular formula is C17H16N8. The number of fused-ring (bicyclic) bond motifs is 2. The van der Waals surface area contributed by atoms with Crippen molar-refractivity contribution >= 4 is 22.6 Å². The van der Waals surface area contributed by atoms with E-state index in [1.165, 1.54) is 0 Å². The Labute approximate surface area is 143 Å². The van der Waals surface area contributed by atoms with E-state index in [-0.39, 0.29) is 0 Å². The van der Waals surface area contributed by atoms with Crippen LogP contribution in [0.25, 0.3) is 27.8 Å². The molecule has 0 aliphatic heterocycles. The SMILES string of the molecule is NC1CC(Nc2ncc3c(-c4cnc5nccnc5c4)ccn3n2)C1. The molecule has 0 amide bonds. The highest BCUT2D eigenvalue weighted by Crippen LogP contribution is 2.27. The van der Waals surface area contributed by atoms with E-state index in [4.69, 9.17) is 5.73 Å². The van der Waals surface area contributed by atoms with Gasteiger partial charge in [-0.2, -0.15) is 0 Å². The van der Waals surface area contributed by atoms with Crippen LogP contribution in [0.5, 0.6) is 0 Å². The second kappa shape index (κ2) is 5.45. The van der Waals surface area contributed by atoms with Gasteiger partial charge in [-0.15, -0.1) is 5.10 Å². The largest absolute Gasteiger partial charge is 0.350 e. The van der Waals surface area contributed by atoms with Crippen molar-refractivity contribution in [2.24, 2.45) is 5.73 Å². The van der Waals surface area contributed by atoms with Crippen LogP contribution in [0.1, 0.15) is 12.8 Å². The van der Waals surface area contributed by atoms with Crippen LogP contribution in [-0.4, -0.2) is 41.6 Å². The summed E-state index contributed by atoms with van der Waals surface area (Å²) in [5.74, 6) is 0.619. The highest BCUT2D eigenvalue weighted by atomic mass is 15.3. The Morgan fingerprint density at radius 1 is 1.08 bits per heavy atom. The highest BCUT2D eigenvalue weighted by Gasteiger charge is 2.26. The second-order valence-corrected chi connectivity index (χ2v) is 6.34. The number of nitrogens with zero attached hydrogens (tertiary/aromatic N) is 6. The van der Waals surface area contributed by atoms with Crippen LogP contribution in [0.3, 0.4) is 0 Å². The van der Waals surface area contributed by atoms with Gasteiger partial charge in [-0.05, 0) is 25.0 Å². The fraction of sp³-hybridized carbons (Fsp3) is 0.235. The minimum Gasteiger partial charge on any atom is -0.350 e. The lowest BCUT2D eigenvalue weighted by Crippen LogP contribution is -2.44. The first-order valence-corrected chi connectivity index (χ1v) is 8.20. The summed E-state index contributed by atoms with van der Waals surface area (Å²) in [5, 5.41) is 7.86. The number of pyridine rings is 1. The molecule has 3 N–H and O–H groups in total. The molecule has 124 valence electrons. The van der Waals surface area contributed by atoms with Gasteiger partial charge in [-0.3, -0.25) is 4.98 Å². The number of hydrogen-bond donors (Lipinski definition) is 2. The minimum atomic E-state index is 0.294. The van der Waals surface area contributed by atoms with Crippen molar-refractivity contribution < 1.29 is 0 Å². The Bertz CT molecular complexity index is 1070. The molecule has 0 spiro atoms. The Kier molecular flexibility index (Phi) is 3.10. The standard InChI is InChI=1S/C17H16N8/c18-11-6-12(7-11)23-17-22-9-15-13(1-4-25(15)24-17)10-5-14-16(21-8-10)20-3-2-19-14/h1-5,8-9,11-12H,6-7,18H2,(H,23,24). The van der Waals surface area contributed by atoms with Gasteiger partial charge in [0.15, 0.2) is 5.65 Å². The summed E-state index contributed by atoms with van der Waals surface area (Å²) in [4.78, 5) is 17.3. The lowest BCUT2D eigenvalue weighted by molar-refractivity contribution is 0.371. The summed E-state index contributed by atoms with van der Waals surface area (Å²) in [6.45, 7) is 0. The van der Waals surface area contributed by atoms with Crippen molar-refractivity contribution in [2.45, 2.75) is 24.9 Å². The molecule has 0 atom stereocenters. The lowest BCUT2D eigenvalue weighted by Gasteiger charge is -2.32. The average molecular weight is 332 g/mol. The molecule has 1 aliphatic carbocycles. The van der Waals surface area contributed by atoms with E-state index >= 15 is 0 Å². The molecule has 1 fully saturated rings. The first-order chi connectivity index (χ1) is 12.3. The van der Waals surface area contributed by atoms with Crippen LogP contribution in [0.15, 0.2) is 43.1 Å².